The molecule has 4 aliphatic heterocycles. The number of benzene rings is 1. The lowest BCUT2D eigenvalue weighted by Gasteiger charge is -2.38. The molecule has 1 unspecified atom stereocenters. The zero-order chi connectivity index (χ0) is 22.2. The van der Waals surface area contributed by atoms with E-state index in [1.807, 2.05) is 6.07 Å². The summed E-state index contributed by atoms with van der Waals surface area (Å²) in [4.78, 5) is 55.4. The SMILES string of the molecule is Cl.O=C1CCC(N2C(=O)c3ccc(N4CCN(CC5CCNCC5)CC4)cc3C2=O)C(=O)N1. The summed E-state index contributed by atoms with van der Waals surface area (Å²) in [6, 6.07) is 4.44. The minimum Gasteiger partial charge on any atom is -0.369 e. The maximum absolute atomic E-state index is 13.1. The highest BCUT2D eigenvalue weighted by molar-refractivity contribution is 6.23. The fraction of sp³-hybridized carbons (Fsp3) is 0.565. The topological polar surface area (TPSA) is 102 Å². The summed E-state index contributed by atoms with van der Waals surface area (Å²) in [5, 5.41) is 5.65. The van der Waals surface area contributed by atoms with E-state index >= 15 is 0 Å². The molecule has 0 saturated carbocycles. The van der Waals surface area contributed by atoms with Crippen molar-refractivity contribution in [3.8, 4) is 0 Å². The second-order valence-electron chi connectivity index (χ2n) is 9.16. The number of hydrogen-bond donors (Lipinski definition) is 2. The Balaban J connectivity index is 0.00000259. The average molecular weight is 476 g/mol. The molecule has 4 aliphatic rings. The van der Waals surface area contributed by atoms with Gasteiger partial charge < -0.3 is 10.2 Å². The smallest absolute Gasteiger partial charge is 0.262 e. The van der Waals surface area contributed by atoms with Crippen molar-refractivity contribution in [1.29, 1.82) is 0 Å². The molecular weight excluding hydrogens is 446 g/mol. The summed E-state index contributed by atoms with van der Waals surface area (Å²) >= 11 is 0. The Morgan fingerprint density at radius 1 is 0.879 bits per heavy atom. The standard InChI is InChI=1S/C23H29N5O4.ClH/c29-20-4-3-19(21(30)25-20)28-22(31)17-2-1-16(13-18(17)23(28)32)27-11-9-26(10-12-27)14-15-5-7-24-8-6-15;/h1-2,13,15,19,24H,3-12,14H2,(H,25,29,30);1H. The predicted octanol–water partition coefficient (Wildman–Crippen LogP) is 0.631. The van der Waals surface area contributed by atoms with Gasteiger partial charge in [-0.1, -0.05) is 0 Å². The number of anilines is 1. The lowest BCUT2D eigenvalue weighted by atomic mass is 9.97. The third-order valence-corrected chi connectivity index (χ3v) is 7.14. The van der Waals surface area contributed by atoms with Crippen LogP contribution in [0.3, 0.4) is 0 Å². The highest BCUT2D eigenvalue weighted by atomic mass is 35.5. The first kappa shape index (κ1) is 23.7. The molecule has 1 aromatic carbocycles. The molecule has 0 bridgehead atoms. The van der Waals surface area contributed by atoms with Gasteiger partial charge in [-0.2, -0.15) is 0 Å². The number of piperidine rings is 2. The number of nitrogens with zero attached hydrogens (tertiary/aromatic N) is 3. The first-order valence-electron chi connectivity index (χ1n) is 11.5. The van der Waals surface area contributed by atoms with E-state index in [0.717, 1.165) is 62.3 Å². The zero-order valence-electron chi connectivity index (χ0n) is 18.5. The molecule has 4 heterocycles. The van der Waals surface area contributed by atoms with Gasteiger partial charge in [0.05, 0.1) is 11.1 Å². The van der Waals surface area contributed by atoms with Crippen molar-refractivity contribution in [3.05, 3.63) is 29.3 Å². The van der Waals surface area contributed by atoms with Gasteiger partial charge >= 0.3 is 0 Å². The van der Waals surface area contributed by atoms with Crippen molar-refractivity contribution in [1.82, 2.24) is 20.4 Å². The normalized spacial score (nSPS) is 24.5. The summed E-state index contributed by atoms with van der Waals surface area (Å²) in [5.74, 6) is -1.10. The molecule has 9 nitrogen and oxygen atoms in total. The summed E-state index contributed by atoms with van der Waals surface area (Å²) in [6.45, 7) is 7.09. The van der Waals surface area contributed by atoms with Crippen molar-refractivity contribution in [3.63, 3.8) is 0 Å². The van der Waals surface area contributed by atoms with E-state index in [2.05, 4.69) is 20.4 Å². The van der Waals surface area contributed by atoms with Crippen molar-refractivity contribution < 1.29 is 19.2 Å². The fourth-order valence-electron chi connectivity index (χ4n) is 5.27. The van der Waals surface area contributed by atoms with Crippen LogP contribution >= 0.6 is 12.4 Å². The molecule has 5 rings (SSSR count). The number of rotatable bonds is 4. The van der Waals surface area contributed by atoms with E-state index in [1.165, 1.54) is 12.8 Å². The lowest BCUT2D eigenvalue weighted by Crippen LogP contribution is -2.54. The minimum atomic E-state index is -0.929. The molecule has 0 radical (unpaired) electrons. The number of halogens is 1. The van der Waals surface area contributed by atoms with Gasteiger partial charge in [0.2, 0.25) is 11.8 Å². The number of nitrogens with one attached hydrogen (secondary N) is 2. The average Bonchev–Trinajstić information content (AvgIpc) is 3.05. The van der Waals surface area contributed by atoms with Crippen molar-refractivity contribution >= 4 is 41.7 Å². The number of imide groups is 2. The number of amides is 4. The molecule has 3 saturated heterocycles. The minimum absolute atomic E-state index is 0. The Morgan fingerprint density at radius 2 is 1.58 bits per heavy atom. The van der Waals surface area contributed by atoms with E-state index in [4.69, 9.17) is 0 Å². The monoisotopic (exact) mass is 475 g/mol. The Bertz CT molecular complexity index is 956. The van der Waals surface area contributed by atoms with Crippen LogP contribution in [0.15, 0.2) is 18.2 Å². The molecular formula is C23H30ClN5O4. The molecule has 1 atom stereocenters. The molecule has 3 fully saturated rings. The zero-order valence-corrected chi connectivity index (χ0v) is 19.4. The quantitative estimate of drug-likeness (QED) is 0.616. The Hall–Kier alpha value is -2.49. The molecule has 178 valence electrons. The highest BCUT2D eigenvalue weighted by Gasteiger charge is 2.44. The van der Waals surface area contributed by atoms with E-state index in [0.29, 0.717) is 11.1 Å². The maximum atomic E-state index is 13.1. The van der Waals surface area contributed by atoms with Crippen LogP contribution in [-0.4, -0.2) is 85.3 Å². The highest BCUT2D eigenvalue weighted by Crippen LogP contribution is 2.31. The molecule has 10 heteroatoms. The van der Waals surface area contributed by atoms with Crippen LogP contribution in [0.25, 0.3) is 0 Å². The number of fused-ring (bicyclic) bond motifs is 1. The van der Waals surface area contributed by atoms with Crippen molar-refractivity contribution in [2.75, 3.05) is 50.7 Å². The number of carbonyl (C=O) groups is 4. The maximum Gasteiger partial charge on any atom is 0.262 e. The van der Waals surface area contributed by atoms with E-state index < -0.39 is 23.8 Å². The number of piperazine rings is 1. The van der Waals surface area contributed by atoms with Gasteiger partial charge in [0, 0.05) is 44.8 Å². The fourth-order valence-corrected chi connectivity index (χ4v) is 5.27. The van der Waals surface area contributed by atoms with Gasteiger partial charge in [-0.05, 0) is 56.5 Å². The number of carbonyl (C=O) groups excluding carboxylic acids is 4. The molecule has 0 aromatic heterocycles. The molecule has 33 heavy (non-hydrogen) atoms. The van der Waals surface area contributed by atoms with E-state index in [1.54, 1.807) is 12.1 Å². The first-order chi connectivity index (χ1) is 15.5. The second-order valence-corrected chi connectivity index (χ2v) is 9.16. The largest absolute Gasteiger partial charge is 0.369 e. The Labute approximate surface area is 199 Å². The molecule has 2 N–H and O–H groups in total. The van der Waals surface area contributed by atoms with E-state index in [9.17, 15) is 19.2 Å². The number of hydrogen-bond acceptors (Lipinski definition) is 7. The van der Waals surface area contributed by atoms with Crippen LogP contribution < -0.4 is 15.5 Å². The van der Waals surface area contributed by atoms with Gasteiger partial charge in [0.15, 0.2) is 0 Å². The van der Waals surface area contributed by atoms with Gasteiger partial charge in [-0.3, -0.25) is 34.3 Å². The van der Waals surface area contributed by atoms with Crippen LogP contribution in [-0.2, 0) is 9.59 Å². The predicted molar refractivity (Wildman–Crippen MR) is 125 cm³/mol. The Kier molecular flexibility index (Phi) is 7.02. The van der Waals surface area contributed by atoms with E-state index in [-0.39, 0.29) is 31.2 Å². The Morgan fingerprint density at radius 3 is 2.27 bits per heavy atom. The first-order valence-corrected chi connectivity index (χ1v) is 11.5. The van der Waals surface area contributed by atoms with Gasteiger partial charge in [0.1, 0.15) is 6.04 Å². The third-order valence-electron chi connectivity index (χ3n) is 7.14. The van der Waals surface area contributed by atoms with Crippen LogP contribution in [0.1, 0.15) is 46.4 Å². The summed E-state index contributed by atoms with van der Waals surface area (Å²) in [6.07, 6.45) is 2.77. The van der Waals surface area contributed by atoms with Crippen LogP contribution in [0.4, 0.5) is 5.69 Å². The van der Waals surface area contributed by atoms with Gasteiger partial charge in [-0.25, -0.2) is 0 Å². The molecule has 0 spiro atoms. The molecule has 0 aliphatic carbocycles. The van der Waals surface area contributed by atoms with Crippen LogP contribution in [0, 0.1) is 5.92 Å². The summed E-state index contributed by atoms with van der Waals surface area (Å²) < 4.78 is 0. The third kappa shape index (κ3) is 4.62. The summed E-state index contributed by atoms with van der Waals surface area (Å²) in [5.41, 5.74) is 1.60. The van der Waals surface area contributed by atoms with Crippen LogP contribution in [0.5, 0.6) is 0 Å². The summed E-state index contributed by atoms with van der Waals surface area (Å²) in [7, 11) is 0. The second kappa shape index (κ2) is 9.79. The van der Waals surface area contributed by atoms with Gasteiger partial charge in [0.25, 0.3) is 11.8 Å². The van der Waals surface area contributed by atoms with Crippen LogP contribution in [0.2, 0.25) is 0 Å². The van der Waals surface area contributed by atoms with Crippen molar-refractivity contribution in [2.45, 2.75) is 31.7 Å². The lowest BCUT2D eigenvalue weighted by molar-refractivity contribution is -0.136. The molecule has 4 amide bonds. The van der Waals surface area contributed by atoms with Gasteiger partial charge in [-0.15, -0.1) is 12.4 Å². The molecule has 1 aromatic rings. The van der Waals surface area contributed by atoms with Crippen molar-refractivity contribution in [2.24, 2.45) is 5.92 Å².